The topological polar surface area (TPSA) is 12.5 Å². The number of halogens is 1. The Morgan fingerprint density at radius 3 is 2.71 bits per heavy atom. The molecule has 2 rings (SSSR count). The molecule has 1 saturated heterocycles. The Morgan fingerprint density at radius 1 is 1.41 bits per heavy atom. The molecule has 1 fully saturated rings. The first-order valence-corrected chi connectivity index (χ1v) is 9.23. The summed E-state index contributed by atoms with van der Waals surface area (Å²) in [5, 5.41) is 0. The van der Waals surface area contributed by atoms with Gasteiger partial charge < -0.3 is 4.74 Å². The third-order valence-corrected chi connectivity index (χ3v) is 5.43. The highest BCUT2D eigenvalue weighted by Crippen LogP contribution is 2.34. The van der Waals surface area contributed by atoms with Gasteiger partial charge in [-0.2, -0.15) is 0 Å². The largest absolute Gasteiger partial charge is 0.497 e. The van der Waals surface area contributed by atoms with Gasteiger partial charge in [-0.15, -0.1) is 0 Å². The van der Waals surface area contributed by atoms with Crippen LogP contribution in [-0.2, 0) is 6.42 Å². The first-order valence-electron chi connectivity index (χ1n) is 5.91. The van der Waals surface area contributed by atoms with E-state index in [1.165, 1.54) is 18.5 Å². The molecule has 0 amide bonds. The maximum atomic E-state index is 5.18. The van der Waals surface area contributed by atoms with Gasteiger partial charge in [0.1, 0.15) is 5.75 Å². The zero-order valence-corrected chi connectivity index (χ0v) is 13.2. The smallest absolute Gasteiger partial charge is 0.118 e. The minimum Gasteiger partial charge on any atom is -0.497 e. The molecule has 2 atom stereocenters. The molecule has 1 aliphatic rings. The van der Waals surface area contributed by atoms with E-state index in [9.17, 15) is 0 Å². The second-order valence-corrected chi connectivity index (χ2v) is 6.50. The van der Waals surface area contributed by atoms with Gasteiger partial charge in [-0.1, -0.05) is 19.1 Å². The zero-order valence-electron chi connectivity index (χ0n) is 10.2. The second kappa shape index (κ2) is 6.29. The number of rotatable bonds is 4. The Balaban J connectivity index is 1.99. The Hall–Kier alpha value is 0.0600. The molecule has 17 heavy (non-hydrogen) atoms. The lowest BCUT2D eigenvalue weighted by Gasteiger charge is -2.20. The highest BCUT2D eigenvalue weighted by Gasteiger charge is 2.29. The van der Waals surface area contributed by atoms with Crippen molar-refractivity contribution in [3.63, 3.8) is 0 Å². The van der Waals surface area contributed by atoms with Crippen molar-refractivity contribution >= 4 is 30.3 Å². The van der Waals surface area contributed by atoms with Crippen LogP contribution in [0.4, 0.5) is 0 Å². The summed E-state index contributed by atoms with van der Waals surface area (Å²) < 4.78 is 7.69. The van der Waals surface area contributed by atoms with Gasteiger partial charge in [-0.05, 0) is 45.6 Å². The van der Waals surface area contributed by atoms with Crippen molar-refractivity contribution in [2.24, 2.45) is 5.92 Å². The van der Waals surface area contributed by atoms with Crippen LogP contribution in [0.1, 0.15) is 18.9 Å². The van der Waals surface area contributed by atoms with Crippen LogP contribution in [0.25, 0.3) is 0 Å². The summed E-state index contributed by atoms with van der Waals surface area (Å²) in [5.41, 5.74) is 1.40. The van der Waals surface area contributed by atoms with E-state index in [1.807, 2.05) is 9.12 Å². The first kappa shape index (κ1) is 13.5. The lowest BCUT2D eigenvalue weighted by atomic mass is 10.0. The summed E-state index contributed by atoms with van der Waals surface area (Å²) in [7, 11) is 3.56. The number of nitrogens with zero attached hydrogens (tertiary/aromatic N) is 1. The molecule has 0 bridgehead atoms. The Kier molecular flexibility index (Phi) is 4.99. The van der Waals surface area contributed by atoms with E-state index in [1.54, 1.807) is 7.11 Å². The molecule has 0 aromatic heterocycles. The molecule has 1 aromatic carbocycles. The van der Waals surface area contributed by atoms with Crippen LogP contribution in [0.5, 0.6) is 5.75 Å². The number of hydrogen-bond acceptors (Lipinski definition) is 3. The number of ether oxygens (including phenoxy) is 1. The average Bonchev–Trinajstić information content (AvgIpc) is 2.70. The standard InChI is InChI=1S/C13H18INOS/c1-10-7-12(15(9-10)17-14)8-11-3-5-13(16-2)6-4-11/h3-6,10,12H,7-9H2,1-2H3. The molecule has 0 radical (unpaired) electrons. The highest BCUT2D eigenvalue weighted by molar-refractivity contribution is 14.2. The Bertz CT molecular complexity index is 357. The summed E-state index contributed by atoms with van der Waals surface area (Å²) in [6.45, 7) is 3.56. The summed E-state index contributed by atoms with van der Waals surface area (Å²) in [5.74, 6) is 1.76. The first-order chi connectivity index (χ1) is 8.22. The van der Waals surface area contributed by atoms with Crippen molar-refractivity contribution in [3.8, 4) is 5.75 Å². The van der Waals surface area contributed by atoms with Crippen LogP contribution in [0.3, 0.4) is 0 Å². The quantitative estimate of drug-likeness (QED) is 0.594. The molecule has 2 nitrogen and oxygen atoms in total. The van der Waals surface area contributed by atoms with Crippen LogP contribution < -0.4 is 4.74 Å². The highest BCUT2D eigenvalue weighted by atomic mass is 127. The van der Waals surface area contributed by atoms with Crippen LogP contribution in [-0.4, -0.2) is 24.0 Å². The maximum Gasteiger partial charge on any atom is 0.118 e. The van der Waals surface area contributed by atoms with Crippen LogP contribution in [0.2, 0.25) is 0 Å². The summed E-state index contributed by atoms with van der Waals surface area (Å²) in [4.78, 5) is 0. The van der Waals surface area contributed by atoms with Crippen molar-refractivity contribution in [3.05, 3.63) is 29.8 Å². The van der Waals surface area contributed by atoms with Crippen LogP contribution in [0, 0.1) is 5.92 Å². The van der Waals surface area contributed by atoms with Gasteiger partial charge in [0, 0.05) is 33.8 Å². The molecule has 0 saturated carbocycles. The predicted octanol–water partition coefficient (Wildman–Crippen LogP) is 3.95. The molecule has 0 spiro atoms. The molecule has 1 aromatic rings. The fourth-order valence-electron chi connectivity index (χ4n) is 2.42. The lowest BCUT2D eigenvalue weighted by molar-refractivity contribution is 0.413. The van der Waals surface area contributed by atoms with E-state index in [0.717, 1.165) is 18.1 Å². The molecule has 94 valence electrons. The Labute approximate surface area is 120 Å². The molecule has 2 unspecified atom stereocenters. The van der Waals surface area contributed by atoms with E-state index in [4.69, 9.17) is 4.74 Å². The third kappa shape index (κ3) is 3.51. The minimum absolute atomic E-state index is 0.681. The number of benzene rings is 1. The molecular formula is C13H18INOS. The molecule has 0 N–H and O–H groups in total. The van der Waals surface area contributed by atoms with Gasteiger partial charge in [-0.25, -0.2) is 4.31 Å². The van der Waals surface area contributed by atoms with E-state index in [2.05, 4.69) is 56.7 Å². The lowest BCUT2D eigenvalue weighted by Crippen LogP contribution is -2.23. The normalized spacial score (nSPS) is 25.1. The maximum absolute atomic E-state index is 5.18. The summed E-state index contributed by atoms with van der Waals surface area (Å²) in [6, 6.07) is 9.14. The van der Waals surface area contributed by atoms with Gasteiger partial charge in [0.15, 0.2) is 0 Å². The summed E-state index contributed by atoms with van der Waals surface area (Å²) >= 11 is 2.39. The number of methoxy groups -OCH3 is 1. The number of hydrogen-bond donors (Lipinski definition) is 0. The third-order valence-electron chi connectivity index (χ3n) is 3.29. The Morgan fingerprint density at radius 2 is 2.12 bits per heavy atom. The van der Waals surface area contributed by atoms with Crippen LogP contribution >= 0.6 is 30.3 Å². The van der Waals surface area contributed by atoms with Crippen LogP contribution in [0.15, 0.2) is 24.3 Å². The van der Waals surface area contributed by atoms with Crippen molar-refractivity contribution in [2.75, 3.05) is 13.7 Å². The molecule has 4 heteroatoms. The molecular weight excluding hydrogens is 345 g/mol. The molecule has 1 heterocycles. The average molecular weight is 363 g/mol. The zero-order chi connectivity index (χ0) is 12.3. The minimum atomic E-state index is 0.681. The fourth-order valence-corrected chi connectivity index (χ4v) is 4.45. The molecule has 0 aliphatic carbocycles. The van der Waals surface area contributed by atoms with Crippen molar-refractivity contribution < 1.29 is 4.74 Å². The van der Waals surface area contributed by atoms with Crippen molar-refractivity contribution in [2.45, 2.75) is 25.8 Å². The van der Waals surface area contributed by atoms with Gasteiger partial charge in [0.05, 0.1) is 7.11 Å². The van der Waals surface area contributed by atoms with Gasteiger partial charge in [0.2, 0.25) is 0 Å². The predicted molar refractivity (Wildman–Crippen MR) is 82.6 cm³/mol. The van der Waals surface area contributed by atoms with Gasteiger partial charge in [-0.3, -0.25) is 0 Å². The van der Waals surface area contributed by atoms with E-state index < -0.39 is 0 Å². The van der Waals surface area contributed by atoms with Crippen molar-refractivity contribution in [1.82, 2.24) is 4.31 Å². The second-order valence-electron chi connectivity index (χ2n) is 4.72. The summed E-state index contributed by atoms with van der Waals surface area (Å²) in [6.07, 6.45) is 2.45. The van der Waals surface area contributed by atoms with E-state index in [0.29, 0.717) is 6.04 Å². The monoisotopic (exact) mass is 363 g/mol. The van der Waals surface area contributed by atoms with E-state index in [-0.39, 0.29) is 0 Å². The van der Waals surface area contributed by atoms with E-state index >= 15 is 0 Å². The SMILES string of the molecule is COc1ccc(CC2CC(C)CN2SI)cc1. The molecule has 1 aliphatic heterocycles. The van der Waals surface area contributed by atoms with Gasteiger partial charge in [0.25, 0.3) is 0 Å². The van der Waals surface area contributed by atoms with Gasteiger partial charge >= 0.3 is 0 Å². The van der Waals surface area contributed by atoms with Crippen molar-refractivity contribution in [1.29, 1.82) is 0 Å². The fraction of sp³-hybridized carbons (Fsp3) is 0.538.